The van der Waals surface area contributed by atoms with Crippen LogP contribution in [0.1, 0.15) is 0 Å². The molecule has 0 unspecified atom stereocenters. The zero-order chi connectivity index (χ0) is 13.7. The minimum absolute atomic E-state index is 0. The van der Waals surface area contributed by atoms with Gasteiger partial charge in [0, 0.05) is 40.6 Å². The Morgan fingerprint density at radius 1 is 0.737 bits per heavy atom. The molecule has 0 saturated carbocycles. The van der Waals surface area contributed by atoms with Crippen molar-refractivity contribution in [2.45, 2.75) is 9.79 Å². The fraction of sp³-hybridized carbons (Fsp3) is 0. The molecule has 4 N–H and O–H groups in total. The second-order valence-electron chi connectivity index (χ2n) is 3.41. The van der Waals surface area contributed by atoms with Crippen molar-refractivity contribution in [3.05, 3.63) is 48.0 Å². The molecule has 2 rings (SSSR count). The maximum absolute atomic E-state index is 12.2. The van der Waals surface area contributed by atoms with Crippen molar-refractivity contribution in [2.24, 2.45) is 0 Å². The van der Waals surface area contributed by atoms with Gasteiger partial charge in [-0.1, -0.05) is 0 Å². The Kier molecular flexibility index (Phi) is 8.06. The number of thiol groups is 2. The Bertz CT molecular complexity index is 504. The zero-order valence-corrected chi connectivity index (χ0v) is 14.7. The Morgan fingerprint density at radius 2 is 1.05 bits per heavy atom. The van der Waals surface area contributed by atoms with Crippen molar-refractivity contribution in [1.82, 2.24) is 0 Å². The van der Waals surface area contributed by atoms with Crippen LogP contribution in [-0.2, 0) is 19.5 Å². The first kappa shape index (κ1) is 18.2. The van der Waals surface area contributed by atoms with Crippen molar-refractivity contribution in [3.8, 4) is 0 Å². The molecule has 2 nitrogen and oxygen atoms in total. The molecule has 0 aliphatic carbocycles. The molecular weight excluding hydrogens is 340 g/mol. The van der Waals surface area contributed by atoms with Crippen LogP contribution >= 0.6 is 25.3 Å². The van der Waals surface area contributed by atoms with E-state index < -0.39 is 0 Å². The van der Waals surface area contributed by atoms with Crippen molar-refractivity contribution >= 4 is 36.6 Å². The van der Waals surface area contributed by atoms with Crippen LogP contribution in [0.25, 0.3) is 0 Å². The van der Waals surface area contributed by atoms with Crippen LogP contribution in [0.4, 0.5) is 20.2 Å². The molecule has 0 radical (unpaired) electrons. The maximum Gasteiger partial charge on any atom is 0.124 e. The number of rotatable bonds is 0. The van der Waals surface area contributed by atoms with Gasteiger partial charge < -0.3 is 11.5 Å². The van der Waals surface area contributed by atoms with E-state index in [9.17, 15) is 8.78 Å². The minimum atomic E-state index is -0.311. The van der Waals surface area contributed by atoms with E-state index in [4.69, 9.17) is 11.5 Å². The summed E-state index contributed by atoms with van der Waals surface area (Å²) in [6.07, 6.45) is 0. The summed E-state index contributed by atoms with van der Waals surface area (Å²) in [5.41, 5.74) is 11.7. The molecule has 0 fully saturated rings. The first-order valence-corrected chi connectivity index (χ1v) is 5.77. The molecule has 98 valence electrons. The molecule has 0 spiro atoms. The summed E-state index contributed by atoms with van der Waals surface area (Å²) in [6, 6.07) is 8.12. The average molecular weight is 352 g/mol. The van der Waals surface area contributed by atoms with Crippen LogP contribution < -0.4 is 11.5 Å². The summed E-state index contributed by atoms with van der Waals surface area (Å²) in [5.74, 6) is -0.622. The fourth-order valence-corrected chi connectivity index (χ4v) is 1.43. The largest absolute Gasteiger partial charge is 0.398 e. The summed E-state index contributed by atoms with van der Waals surface area (Å²) in [6.45, 7) is 0. The number of hydrogen-bond acceptors (Lipinski definition) is 4. The third-order valence-corrected chi connectivity index (χ3v) is 2.76. The van der Waals surface area contributed by atoms with Crippen LogP contribution in [0.5, 0.6) is 0 Å². The molecular formula is C12H12F2N2S2Zn. The average Bonchev–Trinajstić information content (AvgIpc) is 2.30. The fourth-order valence-electron chi connectivity index (χ4n) is 1.03. The van der Waals surface area contributed by atoms with E-state index in [1.165, 1.54) is 36.4 Å². The molecule has 0 aliphatic rings. The Hall–Kier alpha value is -0.777. The monoisotopic (exact) mass is 350 g/mol. The second-order valence-corrected chi connectivity index (χ2v) is 4.37. The van der Waals surface area contributed by atoms with Gasteiger partial charge in [0.25, 0.3) is 0 Å². The van der Waals surface area contributed by atoms with Crippen LogP contribution in [0, 0.1) is 11.6 Å². The van der Waals surface area contributed by atoms with E-state index in [1.54, 1.807) is 0 Å². The Balaban J connectivity index is 0.000000324. The first-order chi connectivity index (χ1) is 8.40. The van der Waals surface area contributed by atoms with Crippen LogP contribution in [0.15, 0.2) is 46.2 Å². The molecule has 0 amide bonds. The maximum atomic E-state index is 12.2. The van der Waals surface area contributed by atoms with Gasteiger partial charge in [0.15, 0.2) is 0 Å². The van der Waals surface area contributed by atoms with E-state index >= 15 is 0 Å². The third-order valence-electron chi connectivity index (χ3n) is 1.98. The van der Waals surface area contributed by atoms with Gasteiger partial charge in [0.2, 0.25) is 0 Å². The van der Waals surface area contributed by atoms with Gasteiger partial charge in [-0.2, -0.15) is 0 Å². The molecule has 2 aromatic rings. The quantitative estimate of drug-likeness (QED) is 0.334. The van der Waals surface area contributed by atoms with Gasteiger partial charge in [-0.05, 0) is 36.4 Å². The Labute approximate surface area is 134 Å². The number of hydrogen-bond donors (Lipinski definition) is 4. The van der Waals surface area contributed by atoms with Crippen molar-refractivity contribution < 1.29 is 28.3 Å². The van der Waals surface area contributed by atoms with Gasteiger partial charge in [0.1, 0.15) is 11.6 Å². The van der Waals surface area contributed by atoms with Gasteiger partial charge >= 0.3 is 0 Å². The number of nitrogens with two attached hydrogens (primary N) is 2. The Morgan fingerprint density at radius 3 is 1.26 bits per heavy atom. The van der Waals surface area contributed by atoms with E-state index in [0.29, 0.717) is 21.2 Å². The summed E-state index contributed by atoms with van der Waals surface area (Å²) in [4.78, 5) is 0.963. The van der Waals surface area contributed by atoms with Gasteiger partial charge in [-0.15, -0.1) is 25.3 Å². The summed E-state index contributed by atoms with van der Waals surface area (Å²) in [5, 5.41) is 0. The van der Waals surface area contributed by atoms with Crippen LogP contribution in [0.3, 0.4) is 0 Å². The van der Waals surface area contributed by atoms with Gasteiger partial charge in [-0.3, -0.25) is 0 Å². The number of benzene rings is 2. The topological polar surface area (TPSA) is 52.0 Å². The van der Waals surface area contributed by atoms with Crippen molar-refractivity contribution in [3.63, 3.8) is 0 Å². The molecule has 19 heavy (non-hydrogen) atoms. The van der Waals surface area contributed by atoms with Crippen LogP contribution in [0.2, 0.25) is 0 Å². The molecule has 0 saturated heterocycles. The summed E-state index contributed by atoms with van der Waals surface area (Å²) < 4.78 is 24.5. The molecule has 0 atom stereocenters. The van der Waals surface area contributed by atoms with E-state index in [0.717, 1.165) is 0 Å². The molecule has 0 bridgehead atoms. The third kappa shape index (κ3) is 6.27. The van der Waals surface area contributed by atoms with Gasteiger partial charge in [0.05, 0.1) is 0 Å². The summed E-state index contributed by atoms with van der Waals surface area (Å²) in [7, 11) is 0. The summed E-state index contributed by atoms with van der Waals surface area (Å²) >= 11 is 7.81. The van der Waals surface area contributed by atoms with E-state index in [-0.39, 0.29) is 31.1 Å². The molecule has 2 aromatic carbocycles. The minimum Gasteiger partial charge on any atom is -0.398 e. The first-order valence-electron chi connectivity index (χ1n) is 4.88. The SMILES string of the molecule is Nc1ccc(F)cc1S.Nc1ccc(F)cc1S.[Zn]. The second kappa shape index (κ2) is 8.41. The standard InChI is InChI=1S/2C6H6FNS.Zn/c2*7-4-1-2-5(8)6(9)3-4;/h2*1-3,9H,8H2;. The van der Waals surface area contributed by atoms with E-state index in [1.807, 2.05) is 0 Å². The number of halogens is 2. The van der Waals surface area contributed by atoms with E-state index in [2.05, 4.69) is 25.3 Å². The van der Waals surface area contributed by atoms with Gasteiger partial charge in [-0.25, -0.2) is 8.78 Å². The molecule has 0 heterocycles. The number of anilines is 2. The van der Waals surface area contributed by atoms with Crippen molar-refractivity contribution in [2.75, 3.05) is 11.5 Å². The predicted molar refractivity (Wildman–Crippen MR) is 76.1 cm³/mol. The predicted octanol–water partition coefficient (Wildman–Crippen LogP) is 3.39. The normalized spacial score (nSPS) is 9.05. The zero-order valence-electron chi connectivity index (χ0n) is 9.98. The number of nitrogen functional groups attached to an aromatic ring is 2. The van der Waals surface area contributed by atoms with Crippen molar-refractivity contribution in [1.29, 1.82) is 0 Å². The molecule has 7 heteroatoms. The van der Waals surface area contributed by atoms with Crippen LogP contribution in [-0.4, -0.2) is 0 Å². The molecule has 0 aromatic heterocycles. The molecule has 0 aliphatic heterocycles. The smallest absolute Gasteiger partial charge is 0.124 e.